The fourth-order valence-corrected chi connectivity index (χ4v) is 5.63. The highest BCUT2D eigenvalue weighted by Crippen LogP contribution is 2.42. The maximum Gasteiger partial charge on any atom is 0.246 e. The molecule has 0 N–H and O–H groups in total. The molecule has 0 saturated carbocycles. The number of benzene rings is 1. The predicted octanol–water partition coefficient (Wildman–Crippen LogP) is 2.08. The Labute approximate surface area is 133 Å². The van der Waals surface area contributed by atoms with Gasteiger partial charge in [0.2, 0.25) is 10.0 Å². The van der Waals surface area contributed by atoms with Gasteiger partial charge in [-0.15, -0.1) is 11.8 Å². The molecule has 1 aromatic rings. The summed E-state index contributed by atoms with van der Waals surface area (Å²) in [6.07, 6.45) is 1.29. The molecule has 2 aliphatic rings. The van der Waals surface area contributed by atoms with Crippen molar-refractivity contribution in [2.45, 2.75) is 22.7 Å². The lowest BCUT2D eigenvalue weighted by Gasteiger charge is -2.37. The van der Waals surface area contributed by atoms with Crippen molar-refractivity contribution >= 4 is 21.8 Å². The molecule has 3 rings (SSSR count). The molecule has 1 spiro atoms. The summed E-state index contributed by atoms with van der Waals surface area (Å²) in [5.74, 6) is 0.514. The van der Waals surface area contributed by atoms with E-state index in [1.54, 1.807) is 11.8 Å². The molecular weight excluding hydrogens is 329 g/mol. The first-order chi connectivity index (χ1) is 10.5. The van der Waals surface area contributed by atoms with Crippen molar-refractivity contribution in [1.82, 2.24) is 4.31 Å². The lowest BCUT2D eigenvalue weighted by atomic mass is 10.1. The average molecular weight is 347 g/mol. The molecule has 2 saturated heterocycles. The first-order valence-electron chi connectivity index (χ1n) is 7.08. The van der Waals surface area contributed by atoms with Crippen molar-refractivity contribution in [3.05, 3.63) is 24.0 Å². The highest BCUT2D eigenvalue weighted by molar-refractivity contribution is 8.00. The number of hydrogen-bond acceptors (Lipinski definition) is 5. The van der Waals surface area contributed by atoms with E-state index >= 15 is 0 Å². The molecular formula is C14H18FNO4S2. The zero-order valence-electron chi connectivity index (χ0n) is 12.2. The molecule has 2 aliphatic heterocycles. The van der Waals surface area contributed by atoms with Crippen molar-refractivity contribution < 1.29 is 22.3 Å². The molecule has 5 nitrogen and oxygen atoms in total. The number of methoxy groups -OCH3 is 1. The Balaban J connectivity index is 1.84. The highest BCUT2D eigenvalue weighted by atomic mass is 32.2. The van der Waals surface area contributed by atoms with Gasteiger partial charge in [-0.05, 0) is 31.0 Å². The van der Waals surface area contributed by atoms with Crippen molar-refractivity contribution in [3.63, 3.8) is 0 Å². The Kier molecular flexibility index (Phi) is 4.37. The van der Waals surface area contributed by atoms with E-state index in [1.807, 2.05) is 0 Å². The van der Waals surface area contributed by atoms with E-state index in [1.165, 1.54) is 23.5 Å². The number of nitrogens with zero attached hydrogens (tertiary/aromatic N) is 1. The number of ether oxygens (including phenoxy) is 2. The zero-order chi connectivity index (χ0) is 15.8. The maximum absolute atomic E-state index is 13.5. The third-order valence-electron chi connectivity index (χ3n) is 4.04. The number of sulfonamides is 1. The van der Waals surface area contributed by atoms with Gasteiger partial charge in [0.25, 0.3) is 0 Å². The predicted molar refractivity (Wildman–Crippen MR) is 82.1 cm³/mol. The second-order valence-electron chi connectivity index (χ2n) is 5.31. The first-order valence-corrected chi connectivity index (χ1v) is 9.51. The van der Waals surface area contributed by atoms with Gasteiger partial charge in [0.05, 0.1) is 13.7 Å². The number of hydrogen-bond donors (Lipinski definition) is 0. The van der Waals surface area contributed by atoms with Crippen molar-refractivity contribution in [2.24, 2.45) is 0 Å². The number of piperidine rings is 1. The largest absolute Gasteiger partial charge is 0.495 e. The third kappa shape index (κ3) is 2.84. The Bertz CT molecular complexity index is 649. The van der Waals surface area contributed by atoms with Crippen LogP contribution in [0.4, 0.5) is 4.39 Å². The van der Waals surface area contributed by atoms with E-state index in [9.17, 15) is 12.8 Å². The summed E-state index contributed by atoms with van der Waals surface area (Å²) in [4.78, 5) is -0.358. The van der Waals surface area contributed by atoms with Gasteiger partial charge in [-0.3, -0.25) is 0 Å². The van der Waals surface area contributed by atoms with Crippen molar-refractivity contribution in [2.75, 3.05) is 32.6 Å². The number of thioether (sulfide) groups is 1. The molecule has 0 atom stereocenters. The van der Waals surface area contributed by atoms with Crippen LogP contribution in [-0.2, 0) is 14.8 Å². The van der Waals surface area contributed by atoms with E-state index in [0.29, 0.717) is 25.9 Å². The Morgan fingerprint density at radius 2 is 2.09 bits per heavy atom. The van der Waals surface area contributed by atoms with Gasteiger partial charge in [0.15, 0.2) is 0 Å². The summed E-state index contributed by atoms with van der Waals surface area (Å²) in [6.45, 7) is 1.46. The van der Waals surface area contributed by atoms with Gasteiger partial charge in [-0.25, -0.2) is 12.8 Å². The quantitative estimate of drug-likeness (QED) is 0.838. The van der Waals surface area contributed by atoms with Crippen LogP contribution in [0.3, 0.4) is 0 Å². The molecule has 2 fully saturated rings. The molecule has 122 valence electrons. The summed E-state index contributed by atoms with van der Waals surface area (Å²) in [7, 11) is -2.39. The minimum Gasteiger partial charge on any atom is -0.495 e. The standard InChI is InChI=1S/C14H18FNO4S2/c1-19-12-3-2-11(15)10-13(12)22(17,18)16-6-4-14(5-7-16)20-8-9-21-14/h2-3,10H,4-9H2,1H3. The lowest BCUT2D eigenvalue weighted by Crippen LogP contribution is -2.45. The van der Waals surface area contributed by atoms with E-state index in [2.05, 4.69) is 0 Å². The van der Waals surface area contributed by atoms with E-state index in [4.69, 9.17) is 9.47 Å². The molecule has 0 amide bonds. The molecule has 0 aromatic heterocycles. The minimum absolute atomic E-state index is 0.119. The molecule has 22 heavy (non-hydrogen) atoms. The first kappa shape index (κ1) is 16.0. The normalized spacial score (nSPS) is 22.1. The maximum atomic E-state index is 13.5. The summed E-state index contributed by atoms with van der Waals surface area (Å²) in [5, 5.41) is 0. The van der Waals surface area contributed by atoms with Gasteiger partial charge >= 0.3 is 0 Å². The smallest absolute Gasteiger partial charge is 0.246 e. The van der Waals surface area contributed by atoms with E-state index < -0.39 is 15.8 Å². The van der Waals surface area contributed by atoms with Gasteiger partial charge in [-0.2, -0.15) is 4.31 Å². The lowest BCUT2D eigenvalue weighted by molar-refractivity contribution is 0.0161. The van der Waals surface area contributed by atoms with Crippen LogP contribution in [0, 0.1) is 5.82 Å². The van der Waals surface area contributed by atoms with Crippen LogP contribution in [0.15, 0.2) is 23.1 Å². The monoisotopic (exact) mass is 347 g/mol. The van der Waals surface area contributed by atoms with E-state index in [-0.39, 0.29) is 15.6 Å². The highest BCUT2D eigenvalue weighted by Gasteiger charge is 2.42. The molecule has 0 aliphatic carbocycles. The molecule has 8 heteroatoms. The van der Waals surface area contributed by atoms with Crippen molar-refractivity contribution in [3.8, 4) is 5.75 Å². The summed E-state index contributed by atoms with van der Waals surface area (Å²) < 4.78 is 51.2. The minimum atomic E-state index is -3.77. The second kappa shape index (κ2) is 5.99. The molecule has 0 unspecified atom stereocenters. The summed E-state index contributed by atoms with van der Waals surface area (Å²) in [5.41, 5.74) is 0. The Hall–Kier alpha value is -0.830. The van der Waals surface area contributed by atoms with Gasteiger partial charge in [-0.1, -0.05) is 0 Å². The molecule has 2 heterocycles. The topological polar surface area (TPSA) is 55.8 Å². The molecule has 1 aromatic carbocycles. The van der Waals surface area contributed by atoms with Crippen LogP contribution in [0.1, 0.15) is 12.8 Å². The van der Waals surface area contributed by atoms with Crippen LogP contribution in [0.2, 0.25) is 0 Å². The molecule has 0 bridgehead atoms. The van der Waals surface area contributed by atoms with Crippen LogP contribution >= 0.6 is 11.8 Å². The van der Waals surface area contributed by atoms with Crippen molar-refractivity contribution in [1.29, 1.82) is 0 Å². The van der Waals surface area contributed by atoms with Crippen LogP contribution in [0.5, 0.6) is 5.75 Å². The van der Waals surface area contributed by atoms with Crippen LogP contribution in [0.25, 0.3) is 0 Å². The number of halogens is 1. The second-order valence-corrected chi connectivity index (χ2v) is 8.65. The fourth-order valence-electron chi connectivity index (χ4n) is 2.84. The van der Waals surface area contributed by atoms with Gasteiger partial charge in [0.1, 0.15) is 21.4 Å². The SMILES string of the molecule is COc1ccc(F)cc1S(=O)(=O)N1CCC2(CC1)OCCS2. The molecule has 0 radical (unpaired) electrons. The van der Waals surface area contributed by atoms with Crippen LogP contribution < -0.4 is 4.74 Å². The summed E-state index contributed by atoms with van der Waals surface area (Å²) >= 11 is 1.76. The van der Waals surface area contributed by atoms with Gasteiger partial charge in [0, 0.05) is 18.8 Å². The zero-order valence-corrected chi connectivity index (χ0v) is 13.9. The third-order valence-corrected chi connectivity index (χ3v) is 7.38. The van der Waals surface area contributed by atoms with Gasteiger partial charge < -0.3 is 9.47 Å². The Morgan fingerprint density at radius 3 is 2.68 bits per heavy atom. The fraction of sp³-hybridized carbons (Fsp3) is 0.571. The average Bonchev–Trinajstić information content (AvgIpc) is 2.96. The summed E-state index contributed by atoms with van der Waals surface area (Å²) in [6, 6.07) is 3.54. The van der Waals surface area contributed by atoms with Crippen LogP contribution in [-0.4, -0.2) is 50.2 Å². The Morgan fingerprint density at radius 1 is 1.36 bits per heavy atom. The number of rotatable bonds is 3. The van der Waals surface area contributed by atoms with E-state index in [0.717, 1.165) is 18.4 Å².